The maximum absolute atomic E-state index is 12.0. The van der Waals surface area contributed by atoms with E-state index in [1.165, 1.54) is 18.7 Å². The Bertz CT molecular complexity index is 348. The lowest BCUT2D eigenvalue weighted by Crippen LogP contribution is -2.30. The predicted octanol–water partition coefficient (Wildman–Crippen LogP) is 3.43. The molecule has 0 saturated carbocycles. The molecule has 0 amide bonds. The van der Waals surface area contributed by atoms with E-state index in [0.29, 0.717) is 6.42 Å². The van der Waals surface area contributed by atoms with Crippen molar-refractivity contribution in [2.75, 3.05) is 5.75 Å². The van der Waals surface area contributed by atoms with Crippen molar-refractivity contribution < 1.29 is 19.1 Å². The van der Waals surface area contributed by atoms with Crippen LogP contribution in [0.4, 0.5) is 0 Å². The Morgan fingerprint density at radius 1 is 1.05 bits per heavy atom. The van der Waals surface area contributed by atoms with Gasteiger partial charge in [-0.2, -0.15) is 0 Å². The number of ether oxygens (including phenoxy) is 1. The van der Waals surface area contributed by atoms with Crippen LogP contribution in [0.1, 0.15) is 53.9 Å². The van der Waals surface area contributed by atoms with Crippen LogP contribution < -0.4 is 0 Å². The summed E-state index contributed by atoms with van der Waals surface area (Å²) >= 11 is 2.31. The second kappa shape index (κ2) is 9.45. The van der Waals surface area contributed by atoms with Gasteiger partial charge in [0.05, 0.1) is 0 Å². The van der Waals surface area contributed by atoms with E-state index in [9.17, 15) is 14.4 Å². The molecular weight excluding hydrogens is 296 g/mol. The topological polar surface area (TPSA) is 60.4 Å². The maximum atomic E-state index is 12.0. The van der Waals surface area contributed by atoms with E-state index >= 15 is 0 Å². The number of rotatable bonds is 7. The van der Waals surface area contributed by atoms with E-state index in [0.717, 1.165) is 30.4 Å². The molecule has 4 nitrogen and oxygen atoms in total. The van der Waals surface area contributed by atoms with Gasteiger partial charge in [0.25, 0.3) is 0 Å². The normalized spacial score (nSPS) is 12.8. The lowest BCUT2D eigenvalue weighted by Gasteiger charge is -2.23. The Kier molecular flexibility index (Phi) is 9.22. The highest BCUT2D eigenvalue weighted by Gasteiger charge is 2.26. The molecule has 0 aromatic carbocycles. The Morgan fingerprint density at radius 3 is 2.10 bits per heavy atom. The Labute approximate surface area is 129 Å². The van der Waals surface area contributed by atoms with Gasteiger partial charge in [0.1, 0.15) is 10.9 Å². The molecule has 116 valence electrons. The molecule has 0 aromatic heterocycles. The van der Waals surface area contributed by atoms with Gasteiger partial charge in [0.15, 0.2) is 10.2 Å². The molecule has 0 saturated heterocycles. The highest BCUT2D eigenvalue weighted by atomic mass is 32.2. The highest BCUT2D eigenvalue weighted by molar-refractivity contribution is 8.14. The van der Waals surface area contributed by atoms with Crippen LogP contribution in [-0.4, -0.2) is 32.8 Å². The van der Waals surface area contributed by atoms with Crippen LogP contribution >= 0.6 is 23.5 Å². The molecule has 0 fully saturated rings. The standard InChI is InChI=1S/C14H24O4S2/c1-10(15)19-9-7-6-8-12(20-11(2)16)13(17)18-14(3,4)5/h12H,6-9H2,1-5H3. The molecule has 0 radical (unpaired) electrons. The maximum Gasteiger partial charge on any atom is 0.320 e. The van der Waals surface area contributed by atoms with Crippen LogP contribution in [0.25, 0.3) is 0 Å². The van der Waals surface area contributed by atoms with Crippen molar-refractivity contribution in [2.24, 2.45) is 0 Å². The van der Waals surface area contributed by atoms with Crippen LogP contribution in [0.3, 0.4) is 0 Å². The number of carbonyl (C=O) groups is 3. The molecule has 0 heterocycles. The lowest BCUT2D eigenvalue weighted by molar-refractivity contribution is -0.154. The van der Waals surface area contributed by atoms with Gasteiger partial charge in [-0.05, 0) is 33.6 Å². The summed E-state index contributed by atoms with van der Waals surface area (Å²) < 4.78 is 5.32. The molecular formula is C14H24O4S2. The van der Waals surface area contributed by atoms with Crippen molar-refractivity contribution in [3.63, 3.8) is 0 Å². The average Bonchev–Trinajstić information content (AvgIpc) is 2.23. The first-order chi connectivity index (χ1) is 9.11. The van der Waals surface area contributed by atoms with E-state index in [1.54, 1.807) is 6.92 Å². The van der Waals surface area contributed by atoms with Gasteiger partial charge in [-0.3, -0.25) is 14.4 Å². The summed E-state index contributed by atoms with van der Waals surface area (Å²) in [6.45, 7) is 8.42. The minimum atomic E-state index is -0.544. The summed E-state index contributed by atoms with van der Waals surface area (Å²) in [4.78, 5) is 34.0. The Morgan fingerprint density at radius 2 is 1.65 bits per heavy atom. The van der Waals surface area contributed by atoms with E-state index in [1.807, 2.05) is 20.8 Å². The summed E-state index contributed by atoms with van der Waals surface area (Å²) in [5, 5.41) is -0.431. The number of hydrogen-bond donors (Lipinski definition) is 0. The first kappa shape index (κ1) is 19.5. The first-order valence-electron chi connectivity index (χ1n) is 6.65. The molecule has 0 aliphatic carbocycles. The minimum Gasteiger partial charge on any atom is -0.459 e. The third-order valence-corrected chi connectivity index (χ3v) is 4.09. The first-order valence-corrected chi connectivity index (χ1v) is 8.52. The van der Waals surface area contributed by atoms with Crippen molar-refractivity contribution in [3.8, 4) is 0 Å². The van der Waals surface area contributed by atoms with Crippen molar-refractivity contribution in [2.45, 2.75) is 64.7 Å². The Balaban J connectivity index is 4.24. The molecule has 0 aromatic rings. The van der Waals surface area contributed by atoms with E-state index in [-0.39, 0.29) is 16.2 Å². The summed E-state index contributed by atoms with van der Waals surface area (Å²) in [5.74, 6) is 0.415. The van der Waals surface area contributed by atoms with Crippen LogP contribution in [0.2, 0.25) is 0 Å². The van der Waals surface area contributed by atoms with E-state index in [4.69, 9.17) is 4.74 Å². The minimum absolute atomic E-state index is 0.0843. The fourth-order valence-corrected chi connectivity index (χ4v) is 2.91. The molecule has 0 aliphatic rings. The second-order valence-electron chi connectivity index (χ2n) is 5.47. The second-order valence-corrected chi connectivity index (χ2v) is 8.12. The summed E-state index contributed by atoms with van der Waals surface area (Å²) in [6.07, 6.45) is 2.24. The van der Waals surface area contributed by atoms with Gasteiger partial charge in [-0.1, -0.05) is 29.9 Å². The van der Waals surface area contributed by atoms with Crippen LogP contribution in [-0.2, 0) is 19.1 Å². The molecule has 0 bridgehead atoms. The van der Waals surface area contributed by atoms with Crippen molar-refractivity contribution in [3.05, 3.63) is 0 Å². The summed E-state index contributed by atoms with van der Waals surface area (Å²) in [6, 6.07) is 0. The molecule has 0 spiro atoms. The third kappa shape index (κ3) is 11.3. The van der Waals surface area contributed by atoms with Gasteiger partial charge in [0, 0.05) is 19.6 Å². The van der Waals surface area contributed by atoms with Crippen molar-refractivity contribution in [1.82, 2.24) is 0 Å². The molecule has 1 atom stereocenters. The molecule has 1 unspecified atom stereocenters. The van der Waals surface area contributed by atoms with Crippen molar-refractivity contribution in [1.29, 1.82) is 0 Å². The van der Waals surface area contributed by atoms with Gasteiger partial charge in [0.2, 0.25) is 0 Å². The zero-order chi connectivity index (χ0) is 15.8. The largest absolute Gasteiger partial charge is 0.459 e. The van der Waals surface area contributed by atoms with Gasteiger partial charge in [-0.25, -0.2) is 0 Å². The molecule has 0 N–H and O–H groups in total. The fraction of sp³-hybridized carbons (Fsp3) is 0.786. The van der Waals surface area contributed by atoms with E-state index < -0.39 is 10.9 Å². The monoisotopic (exact) mass is 320 g/mol. The zero-order valence-corrected chi connectivity index (χ0v) is 14.5. The van der Waals surface area contributed by atoms with Gasteiger partial charge < -0.3 is 4.74 Å². The van der Waals surface area contributed by atoms with Crippen molar-refractivity contribution >= 4 is 39.7 Å². The Hall–Kier alpha value is -0.490. The molecule has 0 rings (SSSR count). The quantitative estimate of drug-likeness (QED) is 0.529. The highest BCUT2D eigenvalue weighted by Crippen LogP contribution is 2.23. The number of hydrogen-bond acceptors (Lipinski definition) is 6. The number of esters is 1. The van der Waals surface area contributed by atoms with Crippen LogP contribution in [0.15, 0.2) is 0 Å². The van der Waals surface area contributed by atoms with Crippen LogP contribution in [0.5, 0.6) is 0 Å². The number of carbonyl (C=O) groups excluding carboxylic acids is 3. The zero-order valence-electron chi connectivity index (χ0n) is 12.9. The summed E-state index contributed by atoms with van der Waals surface area (Å²) in [5.41, 5.74) is -0.544. The fourth-order valence-electron chi connectivity index (χ4n) is 1.44. The molecule has 20 heavy (non-hydrogen) atoms. The lowest BCUT2D eigenvalue weighted by atomic mass is 10.1. The summed E-state index contributed by atoms with van der Waals surface area (Å²) in [7, 11) is 0. The van der Waals surface area contributed by atoms with Gasteiger partial charge in [-0.15, -0.1) is 0 Å². The molecule has 6 heteroatoms. The smallest absolute Gasteiger partial charge is 0.320 e. The predicted molar refractivity (Wildman–Crippen MR) is 84.9 cm³/mol. The van der Waals surface area contributed by atoms with E-state index in [2.05, 4.69) is 0 Å². The average molecular weight is 320 g/mol. The number of thioether (sulfide) groups is 2. The third-order valence-electron chi connectivity index (χ3n) is 2.14. The van der Waals surface area contributed by atoms with Crippen LogP contribution in [0, 0.1) is 0 Å². The molecule has 0 aliphatic heterocycles. The SMILES string of the molecule is CC(=O)SCCCCC(SC(C)=O)C(=O)OC(C)(C)C. The van der Waals surface area contributed by atoms with Gasteiger partial charge >= 0.3 is 5.97 Å². The number of unbranched alkanes of at least 4 members (excludes halogenated alkanes) is 1.